The summed E-state index contributed by atoms with van der Waals surface area (Å²) in [7, 11) is 0. The van der Waals surface area contributed by atoms with Crippen LogP contribution in [0.1, 0.15) is 22.8 Å². The Labute approximate surface area is 163 Å². The van der Waals surface area contributed by atoms with Crippen molar-refractivity contribution in [2.24, 2.45) is 0 Å². The Morgan fingerprint density at radius 2 is 1.93 bits per heavy atom. The van der Waals surface area contributed by atoms with Gasteiger partial charge in [-0.1, -0.05) is 24.3 Å². The summed E-state index contributed by atoms with van der Waals surface area (Å²) in [5.74, 6) is -0.0766. The Balaban J connectivity index is 1.28. The number of hydrogen-bond acceptors (Lipinski definition) is 7. The van der Waals surface area contributed by atoms with Gasteiger partial charge in [-0.3, -0.25) is 20.4 Å². The number of aromatic nitrogens is 3. The van der Waals surface area contributed by atoms with E-state index in [-0.39, 0.29) is 24.4 Å². The number of carbonyl (C=O) groups is 2. The maximum Gasteiger partial charge on any atom is 0.288 e. The zero-order chi connectivity index (χ0) is 19.3. The Bertz CT molecular complexity index is 1120. The summed E-state index contributed by atoms with van der Waals surface area (Å²) < 4.78 is 5.52. The van der Waals surface area contributed by atoms with Gasteiger partial charge >= 0.3 is 0 Å². The molecule has 3 aromatic heterocycles. The topological polar surface area (TPSA) is 110 Å². The van der Waals surface area contributed by atoms with Crippen LogP contribution in [0.15, 0.2) is 57.6 Å². The molecule has 140 valence electrons. The molecule has 0 spiro atoms. The van der Waals surface area contributed by atoms with E-state index in [0.717, 1.165) is 10.9 Å². The predicted molar refractivity (Wildman–Crippen MR) is 103 cm³/mol. The van der Waals surface area contributed by atoms with Crippen LogP contribution in [0.4, 0.5) is 0 Å². The van der Waals surface area contributed by atoms with Crippen molar-refractivity contribution in [3.63, 3.8) is 0 Å². The molecule has 0 fully saturated rings. The molecule has 4 rings (SSSR count). The predicted octanol–water partition coefficient (Wildman–Crippen LogP) is 2.74. The first kappa shape index (κ1) is 17.8. The van der Waals surface area contributed by atoms with Crippen molar-refractivity contribution in [3.05, 3.63) is 64.8 Å². The zero-order valence-corrected chi connectivity index (χ0v) is 15.4. The average molecular weight is 393 g/mol. The summed E-state index contributed by atoms with van der Waals surface area (Å²) in [5, 5.41) is 12.6. The van der Waals surface area contributed by atoms with Crippen LogP contribution in [0.25, 0.3) is 22.4 Å². The molecule has 28 heavy (non-hydrogen) atoms. The fourth-order valence-corrected chi connectivity index (χ4v) is 3.15. The first-order valence-corrected chi connectivity index (χ1v) is 9.43. The quantitative estimate of drug-likeness (QED) is 0.505. The summed E-state index contributed by atoms with van der Waals surface area (Å²) in [4.78, 5) is 28.4. The van der Waals surface area contributed by atoms with Gasteiger partial charge in [0.1, 0.15) is 5.69 Å². The lowest BCUT2D eigenvalue weighted by Gasteiger charge is -2.07. The zero-order valence-electron chi connectivity index (χ0n) is 14.6. The number of amides is 2. The molecule has 0 unspecified atom stereocenters. The highest BCUT2D eigenvalue weighted by molar-refractivity contribution is 7.08. The lowest BCUT2D eigenvalue weighted by Crippen LogP contribution is -2.42. The van der Waals surface area contributed by atoms with Crippen molar-refractivity contribution >= 4 is 34.1 Å². The number of carbonyl (C=O) groups excluding carboxylic acids is 2. The van der Waals surface area contributed by atoms with Gasteiger partial charge in [0, 0.05) is 29.2 Å². The van der Waals surface area contributed by atoms with Crippen molar-refractivity contribution in [2.75, 3.05) is 0 Å². The summed E-state index contributed by atoms with van der Waals surface area (Å²) in [5.41, 5.74) is 6.50. The molecule has 1 aromatic carbocycles. The molecule has 0 saturated carbocycles. The smallest absolute Gasteiger partial charge is 0.288 e. The van der Waals surface area contributed by atoms with Crippen molar-refractivity contribution in [1.82, 2.24) is 26.0 Å². The van der Waals surface area contributed by atoms with Crippen molar-refractivity contribution in [3.8, 4) is 11.5 Å². The Hall–Kier alpha value is -3.59. The lowest BCUT2D eigenvalue weighted by atomic mass is 10.2. The van der Waals surface area contributed by atoms with E-state index >= 15 is 0 Å². The standard InChI is InChI=1S/C19H15N5O3S/c25-16(7-8-17-22-24-19(27-17)13-9-10-28-11-13)21-23-18(26)15-6-5-12-3-1-2-4-14(12)20-15/h1-6,9-11H,7-8H2,(H,21,25)(H,23,26). The number of rotatable bonds is 5. The van der Waals surface area contributed by atoms with Gasteiger partial charge in [0.25, 0.3) is 5.91 Å². The van der Waals surface area contributed by atoms with Gasteiger partial charge in [-0.15, -0.1) is 10.2 Å². The van der Waals surface area contributed by atoms with Crippen LogP contribution in [0.3, 0.4) is 0 Å². The largest absolute Gasteiger partial charge is 0.421 e. The summed E-state index contributed by atoms with van der Waals surface area (Å²) in [6, 6.07) is 12.8. The molecular weight excluding hydrogens is 378 g/mol. The van der Waals surface area contributed by atoms with E-state index in [0.29, 0.717) is 17.3 Å². The molecule has 2 N–H and O–H groups in total. The van der Waals surface area contributed by atoms with Gasteiger partial charge < -0.3 is 4.42 Å². The van der Waals surface area contributed by atoms with Crippen molar-refractivity contribution < 1.29 is 14.0 Å². The molecule has 3 heterocycles. The van der Waals surface area contributed by atoms with Crippen LogP contribution in [0, 0.1) is 0 Å². The number of thiophene rings is 1. The molecule has 0 bridgehead atoms. The van der Waals surface area contributed by atoms with E-state index in [4.69, 9.17) is 4.42 Å². The molecular formula is C19H15N5O3S. The van der Waals surface area contributed by atoms with Gasteiger partial charge in [-0.2, -0.15) is 11.3 Å². The molecule has 0 saturated heterocycles. The molecule has 0 atom stereocenters. The number of hydrazine groups is 1. The van der Waals surface area contributed by atoms with E-state index in [9.17, 15) is 9.59 Å². The minimum atomic E-state index is -0.489. The van der Waals surface area contributed by atoms with Crippen LogP contribution < -0.4 is 10.9 Å². The van der Waals surface area contributed by atoms with Crippen LogP contribution in [0.2, 0.25) is 0 Å². The number of aryl methyl sites for hydroxylation is 1. The van der Waals surface area contributed by atoms with E-state index in [1.165, 1.54) is 11.3 Å². The average Bonchev–Trinajstić information content (AvgIpc) is 3.41. The van der Waals surface area contributed by atoms with Crippen molar-refractivity contribution in [2.45, 2.75) is 12.8 Å². The molecule has 0 aliphatic rings. The number of fused-ring (bicyclic) bond motifs is 1. The Morgan fingerprint density at radius 3 is 2.79 bits per heavy atom. The maximum atomic E-state index is 12.2. The molecule has 9 heteroatoms. The molecule has 0 aliphatic carbocycles. The van der Waals surface area contributed by atoms with E-state index in [2.05, 4.69) is 26.0 Å². The van der Waals surface area contributed by atoms with Gasteiger partial charge in [0.2, 0.25) is 17.7 Å². The third-order valence-corrected chi connectivity index (χ3v) is 4.63. The van der Waals surface area contributed by atoms with Crippen LogP contribution in [-0.4, -0.2) is 27.0 Å². The highest BCUT2D eigenvalue weighted by atomic mass is 32.1. The van der Waals surface area contributed by atoms with Crippen molar-refractivity contribution in [1.29, 1.82) is 0 Å². The van der Waals surface area contributed by atoms with E-state index in [1.807, 2.05) is 41.1 Å². The van der Waals surface area contributed by atoms with Gasteiger partial charge in [0.05, 0.1) is 5.52 Å². The molecule has 4 aromatic rings. The normalized spacial score (nSPS) is 10.7. The first-order chi connectivity index (χ1) is 13.7. The third kappa shape index (κ3) is 4.04. The van der Waals surface area contributed by atoms with Gasteiger partial charge in [-0.05, 0) is 23.6 Å². The second-order valence-corrected chi connectivity index (χ2v) is 6.68. The minimum Gasteiger partial charge on any atom is -0.421 e. The summed E-state index contributed by atoms with van der Waals surface area (Å²) in [6.07, 6.45) is 0.365. The third-order valence-electron chi connectivity index (χ3n) is 3.95. The highest BCUT2D eigenvalue weighted by Gasteiger charge is 2.12. The number of nitrogens with one attached hydrogen (secondary N) is 2. The monoisotopic (exact) mass is 393 g/mol. The molecule has 0 aliphatic heterocycles. The minimum absolute atomic E-state index is 0.0939. The van der Waals surface area contributed by atoms with Crippen LogP contribution in [-0.2, 0) is 11.2 Å². The van der Waals surface area contributed by atoms with Gasteiger partial charge in [0.15, 0.2) is 0 Å². The number of pyridine rings is 1. The van der Waals surface area contributed by atoms with Crippen LogP contribution in [0.5, 0.6) is 0 Å². The highest BCUT2D eigenvalue weighted by Crippen LogP contribution is 2.20. The molecule has 8 nitrogen and oxygen atoms in total. The number of nitrogens with zero attached hydrogens (tertiary/aromatic N) is 3. The number of para-hydroxylation sites is 1. The van der Waals surface area contributed by atoms with E-state index in [1.54, 1.807) is 12.1 Å². The Kier molecular flexibility index (Phi) is 5.07. The fraction of sp³-hybridized carbons (Fsp3) is 0.105. The second kappa shape index (κ2) is 7.97. The first-order valence-electron chi connectivity index (χ1n) is 8.49. The maximum absolute atomic E-state index is 12.2. The molecule has 0 radical (unpaired) electrons. The number of benzene rings is 1. The van der Waals surface area contributed by atoms with E-state index < -0.39 is 5.91 Å². The fourth-order valence-electron chi connectivity index (χ4n) is 2.52. The molecule has 2 amide bonds. The Morgan fingerprint density at radius 1 is 1.04 bits per heavy atom. The second-order valence-electron chi connectivity index (χ2n) is 5.90. The lowest BCUT2D eigenvalue weighted by molar-refractivity contribution is -0.121. The number of hydrogen-bond donors (Lipinski definition) is 2. The SMILES string of the molecule is O=C(CCc1nnc(-c2ccsc2)o1)NNC(=O)c1ccc2ccccc2n1. The van der Waals surface area contributed by atoms with Crippen LogP contribution >= 0.6 is 11.3 Å². The summed E-state index contributed by atoms with van der Waals surface area (Å²) >= 11 is 1.53. The summed E-state index contributed by atoms with van der Waals surface area (Å²) in [6.45, 7) is 0. The van der Waals surface area contributed by atoms with Gasteiger partial charge in [-0.25, -0.2) is 4.98 Å².